The molecule has 31 heavy (non-hydrogen) atoms. The van der Waals surface area contributed by atoms with E-state index in [9.17, 15) is 23.3 Å². The van der Waals surface area contributed by atoms with E-state index in [1.807, 2.05) is 6.92 Å². The van der Waals surface area contributed by atoms with Crippen molar-refractivity contribution in [3.8, 4) is 0 Å². The second-order valence-corrected chi connectivity index (χ2v) is 8.77. The van der Waals surface area contributed by atoms with E-state index in [-0.39, 0.29) is 34.2 Å². The minimum atomic E-state index is -3.71. The second kappa shape index (κ2) is 8.98. The molecule has 0 fully saturated rings. The van der Waals surface area contributed by atoms with E-state index in [0.29, 0.717) is 0 Å². The Morgan fingerprint density at radius 3 is 2.39 bits per heavy atom. The number of nitro groups is 1. The van der Waals surface area contributed by atoms with Crippen LogP contribution in [0.1, 0.15) is 21.7 Å². The van der Waals surface area contributed by atoms with E-state index in [0.717, 1.165) is 9.87 Å². The van der Waals surface area contributed by atoms with E-state index in [1.165, 1.54) is 55.8 Å². The maximum Gasteiger partial charge on any atom is 0.271 e. The van der Waals surface area contributed by atoms with Crippen LogP contribution in [0.5, 0.6) is 0 Å². The average molecular weight is 441 g/mol. The number of aromatic nitrogens is 2. The number of aryl methyl sites for hydroxylation is 1. The van der Waals surface area contributed by atoms with Crippen LogP contribution in [0.4, 0.5) is 11.4 Å². The van der Waals surface area contributed by atoms with Crippen LogP contribution in [0.3, 0.4) is 0 Å². The smallest absolute Gasteiger partial charge is 0.271 e. The zero-order valence-electron chi connectivity index (χ0n) is 16.7. The van der Waals surface area contributed by atoms with Crippen molar-refractivity contribution in [1.29, 1.82) is 0 Å². The average Bonchev–Trinajstić information content (AvgIpc) is 2.74. The summed E-state index contributed by atoms with van der Waals surface area (Å²) in [7, 11) is -2.30. The number of amides is 1. The van der Waals surface area contributed by atoms with Crippen molar-refractivity contribution < 1.29 is 18.1 Å². The summed E-state index contributed by atoms with van der Waals surface area (Å²) in [6, 6.07) is 12.0. The highest BCUT2D eigenvalue weighted by molar-refractivity contribution is 7.89. The van der Waals surface area contributed by atoms with Crippen LogP contribution in [0.15, 0.2) is 65.8 Å². The SMILES string of the molecule is Cc1ccc(S(=O)(=O)N(C)Cc2ncc(C(=O)Nc3cccc([N+](=O)[O-])c3)cn2)cc1. The summed E-state index contributed by atoms with van der Waals surface area (Å²) in [5.74, 6) is -0.335. The van der Waals surface area contributed by atoms with Gasteiger partial charge in [-0.3, -0.25) is 14.9 Å². The molecule has 0 radical (unpaired) electrons. The van der Waals surface area contributed by atoms with Crippen molar-refractivity contribution in [3.63, 3.8) is 0 Å². The first-order valence-electron chi connectivity index (χ1n) is 9.06. The minimum Gasteiger partial charge on any atom is -0.322 e. The number of non-ortho nitro benzene ring substituents is 1. The summed E-state index contributed by atoms with van der Waals surface area (Å²) in [5.41, 5.74) is 1.18. The highest BCUT2D eigenvalue weighted by atomic mass is 32.2. The maximum atomic E-state index is 12.7. The lowest BCUT2D eigenvalue weighted by Crippen LogP contribution is -2.27. The Kier molecular flexibility index (Phi) is 6.37. The fourth-order valence-electron chi connectivity index (χ4n) is 2.63. The highest BCUT2D eigenvalue weighted by Crippen LogP contribution is 2.18. The van der Waals surface area contributed by atoms with Crippen LogP contribution in [0.2, 0.25) is 0 Å². The van der Waals surface area contributed by atoms with Gasteiger partial charge >= 0.3 is 0 Å². The van der Waals surface area contributed by atoms with Crippen LogP contribution in [-0.4, -0.2) is 40.6 Å². The van der Waals surface area contributed by atoms with Gasteiger partial charge in [-0.05, 0) is 25.1 Å². The van der Waals surface area contributed by atoms with Crippen LogP contribution >= 0.6 is 0 Å². The van der Waals surface area contributed by atoms with Crippen LogP contribution in [0, 0.1) is 17.0 Å². The number of carbonyl (C=O) groups excluding carboxylic acids is 1. The Balaban J connectivity index is 1.68. The van der Waals surface area contributed by atoms with Gasteiger partial charge in [0.15, 0.2) is 0 Å². The Labute approximate surface area is 178 Å². The van der Waals surface area contributed by atoms with Crippen molar-refractivity contribution in [2.24, 2.45) is 0 Å². The molecule has 1 aromatic heterocycles. The lowest BCUT2D eigenvalue weighted by Gasteiger charge is -2.16. The molecule has 3 rings (SSSR count). The highest BCUT2D eigenvalue weighted by Gasteiger charge is 2.22. The van der Waals surface area contributed by atoms with Gasteiger partial charge in [-0.15, -0.1) is 0 Å². The molecule has 0 aliphatic carbocycles. The molecule has 3 aromatic rings. The van der Waals surface area contributed by atoms with Gasteiger partial charge in [0.25, 0.3) is 11.6 Å². The summed E-state index contributed by atoms with van der Waals surface area (Å²) in [5, 5.41) is 13.4. The zero-order chi connectivity index (χ0) is 22.6. The maximum absolute atomic E-state index is 12.7. The molecule has 11 heteroatoms. The number of hydrogen-bond acceptors (Lipinski definition) is 7. The van der Waals surface area contributed by atoms with Crippen LogP contribution < -0.4 is 5.32 Å². The number of benzene rings is 2. The quantitative estimate of drug-likeness (QED) is 0.440. The predicted molar refractivity (Wildman–Crippen MR) is 113 cm³/mol. The number of rotatable bonds is 7. The third-order valence-corrected chi connectivity index (χ3v) is 6.19. The van der Waals surface area contributed by atoms with Crippen LogP contribution in [-0.2, 0) is 16.6 Å². The van der Waals surface area contributed by atoms with Crippen molar-refractivity contribution in [3.05, 3.63) is 88.0 Å². The minimum absolute atomic E-state index is 0.0804. The number of nitro benzene ring substituents is 1. The van der Waals surface area contributed by atoms with E-state index < -0.39 is 20.9 Å². The fourth-order valence-corrected chi connectivity index (χ4v) is 3.75. The van der Waals surface area contributed by atoms with Crippen LogP contribution in [0.25, 0.3) is 0 Å². The molecule has 0 atom stereocenters. The summed E-state index contributed by atoms with van der Waals surface area (Å²) >= 11 is 0. The number of anilines is 1. The van der Waals surface area contributed by atoms with Gasteiger partial charge < -0.3 is 5.32 Å². The molecule has 160 valence electrons. The van der Waals surface area contributed by atoms with Gasteiger partial charge in [-0.25, -0.2) is 18.4 Å². The summed E-state index contributed by atoms with van der Waals surface area (Å²) in [6.45, 7) is 1.79. The Morgan fingerprint density at radius 1 is 1.13 bits per heavy atom. The molecule has 0 unspecified atom stereocenters. The molecular weight excluding hydrogens is 422 g/mol. The second-order valence-electron chi connectivity index (χ2n) is 6.72. The molecule has 1 N–H and O–H groups in total. The molecule has 0 aliphatic heterocycles. The molecule has 10 nitrogen and oxygen atoms in total. The Bertz CT molecular complexity index is 1210. The monoisotopic (exact) mass is 441 g/mol. The summed E-state index contributed by atoms with van der Waals surface area (Å²) in [4.78, 5) is 30.9. The molecular formula is C20H19N5O5S. The molecule has 0 saturated carbocycles. The van der Waals surface area contributed by atoms with E-state index in [1.54, 1.807) is 12.1 Å². The normalized spacial score (nSPS) is 11.3. The topological polar surface area (TPSA) is 135 Å². The zero-order valence-corrected chi connectivity index (χ0v) is 17.5. The van der Waals surface area contributed by atoms with Gasteiger partial charge in [0.1, 0.15) is 5.82 Å². The number of hydrogen-bond donors (Lipinski definition) is 1. The first-order chi connectivity index (χ1) is 14.7. The Morgan fingerprint density at radius 2 is 1.77 bits per heavy atom. The number of nitrogens with zero attached hydrogens (tertiary/aromatic N) is 4. The van der Waals surface area contributed by atoms with Crippen molar-refractivity contribution in [2.45, 2.75) is 18.4 Å². The largest absolute Gasteiger partial charge is 0.322 e. The molecule has 0 bridgehead atoms. The van der Waals surface area contributed by atoms with E-state index in [4.69, 9.17) is 0 Å². The first kappa shape index (κ1) is 22.0. The molecule has 0 saturated heterocycles. The van der Waals surface area contributed by atoms with E-state index >= 15 is 0 Å². The lowest BCUT2D eigenvalue weighted by molar-refractivity contribution is -0.384. The molecule has 0 aliphatic rings. The fraction of sp³-hybridized carbons (Fsp3) is 0.150. The molecule has 2 aromatic carbocycles. The molecule has 1 heterocycles. The number of carbonyl (C=O) groups is 1. The summed E-state index contributed by atoms with van der Waals surface area (Å²) < 4.78 is 26.4. The molecule has 0 spiro atoms. The molecule has 1 amide bonds. The lowest BCUT2D eigenvalue weighted by atomic mass is 10.2. The summed E-state index contributed by atoms with van der Waals surface area (Å²) in [6.07, 6.45) is 2.53. The van der Waals surface area contributed by atoms with Gasteiger partial charge in [0.05, 0.1) is 21.9 Å². The number of nitrogens with one attached hydrogen (secondary N) is 1. The number of sulfonamides is 1. The third kappa shape index (κ3) is 5.27. The van der Waals surface area contributed by atoms with Crippen molar-refractivity contribution in [2.75, 3.05) is 12.4 Å². The first-order valence-corrected chi connectivity index (χ1v) is 10.5. The Hall–Kier alpha value is -3.70. The van der Waals surface area contributed by atoms with E-state index in [2.05, 4.69) is 15.3 Å². The van der Waals surface area contributed by atoms with Crippen molar-refractivity contribution >= 4 is 27.3 Å². The van der Waals surface area contributed by atoms with Gasteiger partial charge in [0, 0.05) is 37.3 Å². The standard InChI is InChI=1S/C20H19N5O5S/c1-14-6-8-18(9-7-14)31(29,30)24(2)13-19-21-11-15(12-22-19)20(26)23-16-4-3-5-17(10-16)25(27)28/h3-12H,13H2,1-2H3,(H,23,26). The third-order valence-electron chi connectivity index (χ3n) is 4.38. The van der Waals surface area contributed by atoms with Crippen molar-refractivity contribution in [1.82, 2.24) is 14.3 Å². The predicted octanol–water partition coefficient (Wildman–Crippen LogP) is 2.77. The van der Waals surface area contributed by atoms with Gasteiger partial charge in [-0.1, -0.05) is 23.8 Å². The van der Waals surface area contributed by atoms with Gasteiger partial charge in [0.2, 0.25) is 10.0 Å². The van der Waals surface area contributed by atoms with Gasteiger partial charge in [-0.2, -0.15) is 4.31 Å².